The van der Waals surface area contributed by atoms with Gasteiger partial charge in [0, 0.05) is 18.5 Å². The normalized spacial score (nSPS) is 11.7. The molecule has 19 heavy (non-hydrogen) atoms. The van der Waals surface area contributed by atoms with E-state index in [2.05, 4.69) is 39.3 Å². The van der Waals surface area contributed by atoms with Gasteiger partial charge >= 0.3 is 0 Å². The Morgan fingerprint density at radius 3 is 2.95 bits per heavy atom. The Labute approximate surface area is 114 Å². The van der Waals surface area contributed by atoms with Crippen molar-refractivity contribution in [3.05, 3.63) is 28.8 Å². The van der Waals surface area contributed by atoms with Crippen LogP contribution in [0.2, 0.25) is 0 Å². The first-order valence-electron chi connectivity index (χ1n) is 6.42. The van der Waals surface area contributed by atoms with Gasteiger partial charge < -0.3 is 0 Å². The van der Waals surface area contributed by atoms with Crippen LogP contribution in [0.25, 0.3) is 4.96 Å². The second-order valence-electron chi connectivity index (χ2n) is 4.86. The van der Waals surface area contributed by atoms with Gasteiger partial charge in [-0.1, -0.05) is 25.2 Å². The highest BCUT2D eigenvalue weighted by atomic mass is 32.1. The van der Waals surface area contributed by atoms with E-state index in [1.165, 1.54) is 5.56 Å². The smallest absolute Gasteiger partial charge is 0.234 e. The lowest BCUT2D eigenvalue weighted by atomic mass is 10.2. The van der Waals surface area contributed by atoms with Gasteiger partial charge in [-0.25, -0.2) is 0 Å². The summed E-state index contributed by atoms with van der Waals surface area (Å²) in [5, 5.41) is 20.8. The maximum Gasteiger partial charge on any atom is 0.234 e. The molecule has 0 radical (unpaired) electrons. The molecule has 6 nitrogen and oxygen atoms in total. The van der Waals surface area contributed by atoms with Crippen molar-refractivity contribution in [3.8, 4) is 0 Å². The van der Waals surface area contributed by atoms with Crippen molar-refractivity contribution in [1.82, 2.24) is 30.0 Å². The molecule has 0 atom stereocenters. The van der Waals surface area contributed by atoms with Gasteiger partial charge in [0.2, 0.25) is 4.96 Å². The first kappa shape index (κ1) is 12.3. The SMILES string of the molecule is CC(C)c1nnc2sc(CCCc3cn[nH]c3)nn12. The molecule has 0 unspecified atom stereocenters. The topological polar surface area (TPSA) is 71.8 Å². The maximum absolute atomic E-state index is 4.60. The summed E-state index contributed by atoms with van der Waals surface area (Å²) in [6.45, 7) is 4.21. The van der Waals surface area contributed by atoms with E-state index in [4.69, 9.17) is 0 Å². The summed E-state index contributed by atoms with van der Waals surface area (Å²) in [7, 11) is 0. The Morgan fingerprint density at radius 1 is 1.32 bits per heavy atom. The van der Waals surface area contributed by atoms with E-state index in [9.17, 15) is 0 Å². The molecule has 0 bridgehead atoms. The van der Waals surface area contributed by atoms with Crippen LogP contribution in [0.15, 0.2) is 12.4 Å². The molecule has 0 fully saturated rings. The number of aromatic nitrogens is 6. The zero-order valence-electron chi connectivity index (χ0n) is 11.0. The fraction of sp³-hybridized carbons (Fsp3) is 0.500. The lowest BCUT2D eigenvalue weighted by molar-refractivity contribution is 0.709. The van der Waals surface area contributed by atoms with Gasteiger partial charge in [0.25, 0.3) is 0 Å². The number of aryl methyl sites for hydroxylation is 2. The number of hydrogen-bond donors (Lipinski definition) is 1. The maximum atomic E-state index is 4.60. The summed E-state index contributed by atoms with van der Waals surface area (Å²) in [4.78, 5) is 0.891. The summed E-state index contributed by atoms with van der Waals surface area (Å²) in [6.07, 6.45) is 6.87. The first-order valence-corrected chi connectivity index (χ1v) is 7.24. The second-order valence-corrected chi connectivity index (χ2v) is 5.90. The minimum absolute atomic E-state index is 0.343. The van der Waals surface area contributed by atoms with Crippen LogP contribution in [0.5, 0.6) is 0 Å². The van der Waals surface area contributed by atoms with Gasteiger partial charge in [-0.3, -0.25) is 5.10 Å². The molecule has 3 rings (SSSR count). The minimum Gasteiger partial charge on any atom is -0.285 e. The molecule has 3 heterocycles. The molecule has 0 aromatic carbocycles. The molecule has 0 aliphatic carbocycles. The standard InChI is InChI=1S/C12H16N6S/c1-8(2)11-15-16-12-18(11)17-10(19-12)5-3-4-9-6-13-14-7-9/h6-8H,3-5H2,1-2H3,(H,13,14). The van der Waals surface area contributed by atoms with Crippen molar-refractivity contribution in [2.75, 3.05) is 0 Å². The van der Waals surface area contributed by atoms with Crippen molar-refractivity contribution in [2.24, 2.45) is 0 Å². The average molecular weight is 276 g/mol. The Balaban J connectivity index is 1.68. The van der Waals surface area contributed by atoms with Crippen LogP contribution >= 0.6 is 11.3 Å². The largest absolute Gasteiger partial charge is 0.285 e. The summed E-state index contributed by atoms with van der Waals surface area (Å²) in [6, 6.07) is 0. The molecule has 100 valence electrons. The zero-order valence-corrected chi connectivity index (χ0v) is 11.8. The Hall–Kier alpha value is -1.76. The number of rotatable bonds is 5. The monoisotopic (exact) mass is 276 g/mol. The van der Waals surface area contributed by atoms with Crippen LogP contribution in [-0.4, -0.2) is 30.0 Å². The molecule has 1 N–H and O–H groups in total. The van der Waals surface area contributed by atoms with Crippen LogP contribution < -0.4 is 0 Å². The van der Waals surface area contributed by atoms with Crippen LogP contribution in [0.3, 0.4) is 0 Å². The van der Waals surface area contributed by atoms with Gasteiger partial charge in [-0.05, 0) is 18.4 Å². The predicted octanol–water partition coefficient (Wildman–Crippen LogP) is 2.21. The molecule has 3 aromatic heterocycles. The highest BCUT2D eigenvalue weighted by Gasteiger charge is 2.13. The zero-order chi connectivity index (χ0) is 13.2. The minimum atomic E-state index is 0.343. The highest BCUT2D eigenvalue weighted by Crippen LogP contribution is 2.19. The Morgan fingerprint density at radius 2 is 2.21 bits per heavy atom. The number of nitrogens with zero attached hydrogens (tertiary/aromatic N) is 5. The summed E-state index contributed by atoms with van der Waals surface area (Å²) in [5.41, 5.74) is 1.24. The summed E-state index contributed by atoms with van der Waals surface area (Å²) in [5.74, 6) is 1.28. The molecule has 0 aliphatic rings. The van der Waals surface area contributed by atoms with Crippen LogP contribution in [-0.2, 0) is 12.8 Å². The van der Waals surface area contributed by atoms with Crippen molar-refractivity contribution >= 4 is 16.3 Å². The number of hydrogen-bond acceptors (Lipinski definition) is 5. The number of nitrogens with one attached hydrogen (secondary N) is 1. The highest BCUT2D eigenvalue weighted by molar-refractivity contribution is 7.16. The molecular weight excluding hydrogens is 260 g/mol. The Kier molecular flexibility index (Phi) is 3.29. The third-order valence-electron chi connectivity index (χ3n) is 2.98. The van der Waals surface area contributed by atoms with E-state index in [0.29, 0.717) is 5.92 Å². The van der Waals surface area contributed by atoms with Crippen molar-refractivity contribution < 1.29 is 0 Å². The molecule has 0 aliphatic heterocycles. The van der Waals surface area contributed by atoms with Gasteiger partial charge in [-0.2, -0.15) is 14.7 Å². The van der Waals surface area contributed by atoms with Gasteiger partial charge in [0.1, 0.15) is 5.01 Å². The summed E-state index contributed by atoms with van der Waals surface area (Å²) < 4.78 is 1.88. The van der Waals surface area contributed by atoms with Gasteiger partial charge in [0.05, 0.1) is 6.20 Å². The molecular formula is C12H16N6S. The fourth-order valence-corrected chi connectivity index (χ4v) is 2.87. The predicted molar refractivity (Wildman–Crippen MR) is 73.4 cm³/mol. The van der Waals surface area contributed by atoms with Crippen LogP contribution in [0.1, 0.15) is 42.6 Å². The molecule has 0 saturated heterocycles. The van der Waals surface area contributed by atoms with E-state index < -0.39 is 0 Å². The van der Waals surface area contributed by atoms with Gasteiger partial charge in [0.15, 0.2) is 5.82 Å². The number of fused-ring (bicyclic) bond motifs is 1. The molecule has 7 heteroatoms. The number of aromatic amines is 1. The molecule has 0 saturated carbocycles. The van der Waals surface area contributed by atoms with E-state index in [0.717, 1.165) is 35.1 Å². The van der Waals surface area contributed by atoms with E-state index in [1.807, 2.05) is 16.9 Å². The third kappa shape index (κ3) is 2.51. The first-order chi connectivity index (χ1) is 9.24. The average Bonchev–Trinajstić information content (AvgIpc) is 3.03. The van der Waals surface area contributed by atoms with E-state index >= 15 is 0 Å². The van der Waals surface area contributed by atoms with Crippen LogP contribution in [0, 0.1) is 0 Å². The van der Waals surface area contributed by atoms with Gasteiger partial charge in [-0.15, -0.1) is 10.2 Å². The quantitative estimate of drug-likeness (QED) is 0.775. The van der Waals surface area contributed by atoms with Crippen LogP contribution in [0.4, 0.5) is 0 Å². The third-order valence-corrected chi connectivity index (χ3v) is 3.94. The van der Waals surface area contributed by atoms with Crippen molar-refractivity contribution in [2.45, 2.75) is 39.0 Å². The van der Waals surface area contributed by atoms with E-state index in [-0.39, 0.29) is 0 Å². The number of H-pyrrole nitrogens is 1. The van der Waals surface area contributed by atoms with E-state index in [1.54, 1.807) is 11.3 Å². The lowest BCUT2D eigenvalue weighted by Crippen LogP contribution is -1.99. The lowest BCUT2D eigenvalue weighted by Gasteiger charge is -1.98. The molecule has 3 aromatic rings. The molecule has 0 spiro atoms. The Bertz CT molecular complexity index is 651. The fourth-order valence-electron chi connectivity index (χ4n) is 1.99. The summed E-state index contributed by atoms with van der Waals surface area (Å²) >= 11 is 1.63. The molecule has 0 amide bonds. The van der Waals surface area contributed by atoms with Crippen molar-refractivity contribution in [1.29, 1.82) is 0 Å². The van der Waals surface area contributed by atoms with Crippen molar-refractivity contribution in [3.63, 3.8) is 0 Å². The second kappa shape index (κ2) is 5.08.